The van der Waals surface area contributed by atoms with Gasteiger partial charge in [0.05, 0.1) is 16.7 Å². The molecule has 3 N–H and O–H groups in total. The Hall–Kier alpha value is -4.40. The molecule has 3 saturated heterocycles. The van der Waals surface area contributed by atoms with Gasteiger partial charge >= 0.3 is 6.01 Å². The van der Waals surface area contributed by atoms with E-state index < -0.39 is 34.7 Å². The normalized spacial score (nSPS) is 25.8. The Morgan fingerprint density at radius 3 is 2.64 bits per heavy atom. The van der Waals surface area contributed by atoms with Crippen LogP contribution in [-0.2, 0) is 0 Å². The van der Waals surface area contributed by atoms with E-state index in [9.17, 15) is 8.78 Å². The molecule has 230 valence electrons. The van der Waals surface area contributed by atoms with Gasteiger partial charge in [0.1, 0.15) is 35.7 Å². The van der Waals surface area contributed by atoms with E-state index in [0.29, 0.717) is 37.3 Å². The lowest BCUT2D eigenvalue weighted by molar-refractivity contribution is 0.107. The molecule has 0 aliphatic carbocycles. The summed E-state index contributed by atoms with van der Waals surface area (Å²) >= 11 is 0. The van der Waals surface area contributed by atoms with Gasteiger partial charge in [0.15, 0.2) is 5.82 Å². The number of ether oxygens (including phenoxy) is 1. The third kappa shape index (κ3) is 4.50. The molecule has 5 heterocycles. The summed E-state index contributed by atoms with van der Waals surface area (Å²) in [6.45, 7) is 2.34. The number of hydrogen-bond acceptors (Lipinski definition) is 7. The number of nitrogens with two attached hydrogens (primary N) is 1. The van der Waals surface area contributed by atoms with Gasteiger partial charge in [0.25, 0.3) is 0 Å². The lowest BCUT2D eigenvalue weighted by Gasteiger charge is -2.35. The first-order valence-corrected chi connectivity index (χ1v) is 15.1. The fourth-order valence-electron chi connectivity index (χ4n) is 7.77. The second kappa shape index (κ2) is 10.3. The first-order chi connectivity index (χ1) is 21.7. The zero-order chi connectivity index (χ0) is 31.0. The monoisotopic (exact) mass is 614 g/mol. The quantitative estimate of drug-likeness (QED) is 0.140. The first-order valence-electron chi connectivity index (χ1n) is 15.1. The van der Waals surface area contributed by atoms with Crippen LogP contribution in [0.1, 0.15) is 24.8 Å². The van der Waals surface area contributed by atoms with Crippen molar-refractivity contribution in [1.82, 2.24) is 20.2 Å². The number of anilines is 2. The molecule has 1 aromatic heterocycles. The average molecular weight is 615 g/mol. The van der Waals surface area contributed by atoms with Crippen LogP contribution >= 0.6 is 0 Å². The summed E-state index contributed by atoms with van der Waals surface area (Å²) in [5.41, 5.74) is 5.20. The second-order valence-corrected chi connectivity index (χ2v) is 12.5. The topological polar surface area (TPSA) is 79.5 Å². The number of benzene rings is 3. The minimum atomic E-state index is -0.973. The maximum atomic E-state index is 16.8. The molecular formula is C34H30F4N6O. The number of halogens is 4. The number of fused-ring (bicyclic) bond motifs is 5. The molecule has 0 saturated carbocycles. The highest BCUT2D eigenvalue weighted by Gasteiger charge is 2.49. The molecule has 8 rings (SSSR count). The standard InChI is InChI=1S/C34H30F4N6O/c1-2-23-26(36)7-4-18-10-20(39)11-24(28(18)23)29-27(37)12-25-31(30(29)38)41-33(42-32(25)43-15-21-5-6-22(16-43)40-21)45-17-34-8-3-9-44(34)14-19(35)13-34/h1,4-7,10-12,19,21-22,40H,3,8-9,13-17,39H2/t19-,21-,22+,34+/m1/s1. The van der Waals surface area contributed by atoms with Gasteiger partial charge in [-0.15, -0.1) is 6.42 Å². The van der Waals surface area contributed by atoms with Crippen molar-refractivity contribution in [2.24, 2.45) is 0 Å². The largest absolute Gasteiger partial charge is 0.461 e. The molecule has 11 heteroatoms. The fourth-order valence-corrected chi connectivity index (χ4v) is 7.77. The fraction of sp³-hybridized carbons (Fsp3) is 0.353. The summed E-state index contributed by atoms with van der Waals surface area (Å²) in [6.07, 6.45) is 10.9. The third-order valence-electron chi connectivity index (χ3n) is 9.71. The molecule has 3 fully saturated rings. The minimum Gasteiger partial charge on any atom is -0.461 e. The Bertz CT molecular complexity index is 1950. The zero-order valence-corrected chi connectivity index (χ0v) is 24.3. The third-order valence-corrected chi connectivity index (χ3v) is 9.71. The van der Waals surface area contributed by atoms with Crippen LogP contribution in [0.25, 0.3) is 32.8 Å². The summed E-state index contributed by atoms with van der Waals surface area (Å²) in [6, 6.07) is 6.86. The van der Waals surface area contributed by atoms with Gasteiger partial charge in [-0.05, 0) is 54.6 Å². The number of hydrogen-bond donors (Lipinski definition) is 2. The number of nitrogens with zero attached hydrogens (tertiary/aromatic N) is 4. The Balaban J connectivity index is 1.30. The van der Waals surface area contributed by atoms with Crippen molar-refractivity contribution in [3.8, 4) is 29.5 Å². The van der Waals surface area contributed by atoms with Crippen molar-refractivity contribution in [3.05, 3.63) is 65.5 Å². The van der Waals surface area contributed by atoms with Crippen LogP contribution in [0.15, 0.2) is 42.5 Å². The van der Waals surface area contributed by atoms with Crippen molar-refractivity contribution in [2.75, 3.05) is 43.4 Å². The van der Waals surface area contributed by atoms with Crippen LogP contribution in [0.3, 0.4) is 0 Å². The molecule has 4 aromatic rings. The van der Waals surface area contributed by atoms with E-state index in [-0.39, 0.29) is 57.8 Å². The molecule has 0 amide bonds. The number of aromatic nitrogens is 2. The van der Waals surface area contributed by atoms with E-state index in [4.69, 9.17) is 21.9 Å². The first kappa shape index (κ1) is 28.1. The Kier molecular flexibility index (Phi) is 6.45. The van der Waals surface area contributed by atoms with Crippen molar-refractivity contribution in [1.29, 1.82) is 0 Å². The SMILES string of the molecule is C#Cc1c(F)ccc2cc(N)cc(-c3c(F)cc4c(N5C[C@H]6C=C[C@@H](C5)N6)nc(OC[C@@]56CCCN5C[C@H](F)C6)nc4c3F)c12. The zero-order valence-electron chi connectivity index (χ0n) is 24.3. The van der Waals surface area contributed by atoms with Crippen LogP contribution in [0, 0.1) is 29.8 Å². The predicted octanol–water partition coefficient (Wildman–Crippen LogP) is 5.10. The number of rotatable bonds is 5. The summed E-state index contributed by atoms with van der Waals surface area (Å²) in [5, 5.41) is 4.24. The lowest BCUT2D eigenvalue weighted by Crippen LogP contribution is -2.52. The Morgan fingerprint density at radius 2 is 1.87 bits per heavy atom. The van der Waals surface area contributed by atoms with Crippen LogP contribution in [0.2, 0.25) is 0 Å². The maximum absolute atomic E-state index is 16.8. The smallest absolute Gasteiger partial charge is 0.319 e. The average Bonchev–Trinajstić information content (AvgIpc) is 3.66. The molecule has 4 atom stereocenters. The van der Waals surface area contributed by atoms with Gasteiger partial charge in [-0.2, -0.15) is 9.97 Å². The molecule has 2 bridgehead atoms. The molecule has 45 heavy (non-hydrogen) atoms. The summed E-state index contributed by atoms with van der Waals surface area (Å²) in [7, 11) is 0. The Labute approximate surface area is 257 Å². The van der Waals surface area contributed by atoms with Crippen LogP contribution < -0.4 is 20.7 Å². The van der Waals surface area contributed by atoms with Gasteiger partial charge in [-0.25, -0.2) is 17.6 Å². The molecule has 4 aliphatic rings. The molecule has 4 aliphatic heterocycles. The molecule has 7 nitrogen and oxygen atoms in total. The van der Waals surface area contributed by atoms with Gasteiger partial charge in [0.2, 0.25) is 0 Å². The van der Waals surface area contributed by atoms with E-state index in [0.717, 1.165) is 19.4 Å². The second-order valence-electron chi connectivity index (χ2n) is 12.5. The van der Waals surface area contributed by atoms with E-state index >= 15 is 8.78 Å². The van der Waals surface area contributed by atoms with Crippen molar-refractivity contribution < 1.29 is 22.3 Å². The molecular weight excluding hydrogens is 584 g/mol. The molecule has 3 aromatic carbocycles. The highest BCUT2D eigenvalue weighted by molar-refractivity contribution is 6.05. The number of nitrogens with one attached hydrogen (secondary N) is 1. The van der Waals surface area contributed by atoms with Crippen molar-refractivity contribution in [3.63, 3.8) is 0 Å². The van der Waals surface area contributed by atoms with E-state index in [1.165, 1.54) is 24.3 Å². The van der Waals surface area contributed by atoms with Crippen molar-refractivity contribution >= 4 is 33.2 Å². The van der Waals surface area contributed by atoms with Gasteiger partial charge in [0, 0.05) is 54.6 Å². The minimum absolute atomic E-state index is 0.0156. The van der Waals surface area contributed by atoms with Crippen molar-refractivity contribution in [2.45, 2.75) is 43.1 Å². The molecule has 0 spiro atoms. The van der Waals surface area contributed by atoms with Crippen LogP contribution in [0.5, 0.6) is 6.01 Å². The number of alkyl halides is 1. The lowest BCUT2D eigenvalue weighted by atomic mass is 9.92. The van der Waals surface area contributed by atoms with Crippen LogP contribution in [-0.4, -0.2) is 71.4 Å². The number of piperazine rings is 1. The predicted molar refractivity (Wildman–Crippen MR) is 165 cm³/mol. The van der Waals surface area contributed by atoms with Crippen LogP contribution in [0.4, 0.5) is 29.1 Å². The Morgan fingerprint density at radius 1 is 1.07 bits per heavy atom. The van der Waals surface area contributed by atoms with Gasteiger partial charge in [-0.3, -0.25) is 4.90 Å². The van der Waals surface area contributed by atoms with E-state index in [1.54, 1.807) is 6.07 Å². The summed E-state index contributed by atoms with van der Waals surface area (Å²) in [4.78, 5) is 13.2. The summed E-state index contributed by atoms with van der Waals surface area (Å²) in [5.74, 6) is 0.105. The highest BCUT2D eigenvalue weighted by atomic mass is 19.1. The number of terminal acetylenes is 1. The highest BCUT2D eigenvalue weighted by Crippen LogP contribution is 2.43. The van der Waals surface area contributed by atoms with Gasteiger partial charge < -0.3 is 20.7 Å². The van der Waals surface area contributed by atoms with E-state index in [1.807, 2.05) is 4.90 Å². The maximum Gasteiger partial charge on any atom is 0.319 e. The number of nitrogen functional groups attached to an aromatic ring is 1. The summed E-state index contributed by atoms with van der Waals surface area (Å²) < 4.78 is 68.5. The molecule has 0 unspecified atom stereocenters. The van der Waals surface area contributed by atoms with E-state index in [2.05, 4.69) is 33.3 Å². The van der Waals surface area contributed by atoms with Gasteiger partial charge in [-0.1, -0.05) is 24.1 Å². The molecule has 0 radical (unpaired) electrons.